The monoisotopic (exact) mass is 656 g/mol. The maximum atomic E-state index is 5.91. The molecule has 0 atom stereocenters. The predicted molar refractivity (Wildman–Crippen MR) is 194 cm³/mol. The first kappa shape index (κ1) is 34.2. The van der Waals surface area contributed by atoms with E-state index in [0.717, 1.165) is 46.0 Å². The Hall–Kier alpha value is -3.18. The molecule has 244 valence electrons. The molecule has 1 aliphatic rings. The van der Waals surface area contributed by atoms with Gasteiger partial charge in [0.05, 0.1) is 11.4 Å². The van der Waals surface area contributed by atoms with E-state index in [1.54, 1.807) is 23.5 Å². The van der Waals surface area contributed by atoms with Crippen molar-refractivity contribution in [3.05, 3.63) is 95.3 Å². The molecule has 5 rings (SSSR count). The molecule has 10 heteroatoms. The lowest BCUT2D eigenvalue weighted by Crippen LogP contribution is -2.41. The minimum Gasteiger partial charge on any atom is -0.354 e. The van der Waals surface area contributed by atoms with Crippen LogP contribution in [0.3, 0.4) is 0 Å². The van der Waals surface area contributed by atoms with Gasteiger partial charge in [-0.2, -0.15) is 0 Å². The minimum absolute atomic E-state index is 0.108. The summed E-state index contributed by atoms with van der Waals surface area (Å²) in [4.78, 5) is 20.2. The molecule has 1 aliphatic carbocycles. The van der Waals surface area contributed by atoms with E-state index in [-0.39, 0.29) is 23.7 Å². The van der Waals surface area contributed by atoms with Gasteiger partial charge >= 0.3 is 0 Å². The fourth-order valence-electron chi connectivity index (χ4n) is 6.11. The van der Waals surface area contributed by atoms with Gasteiger partial charge in [-0.1, -0.05) is 88.4 Å². The molecule has 0 unspecified atom stereocenters. The average molecular weight is 657 g/mol. The zero-order valence-electron chi connectivity index (χ0n) is 27.4. The molecule has 46 heavy (non-hydrogen) atoms. The molecule has 1 fully saturated rings. The summed E-state index contributed by atoms with van der Waals surface area (Å²) in [5.74, 6) is 4.40. The van der Waals surface area contributed by atoms with Crippen molar-refractivity contribution in [3.63, 3.8) is 0 Å². The first-order chi connectivity index (χ1) is 22.4. The minimum atomic E-state index is 0.108. The quantitative estimate of drug-likeness (QED) is 0.0743. The van der Waals surface area contributed by atoms with Crippen molar-refractivity contribution in [1.82, 2.24) is 19.9 Å². The molecule has 0 spiro atoms. The third kappa shape index (κ3) is 8.59. The maximum Gasteiger partial charge on any atom is 0.223 e. The lowest BCUT2D eigenvalue weighted by atomic mass is 9.50. The predicted octanol–water partition coefficient (Wildman–Crippen LogP) is 6.95. The second-order valence-corrected chi connectivity index (χ2v) is 14.9. The highest BCUT2D eigenvalue weighted by molar-refractivity contribution is 7.99. The van der Waals surface area contributed by atoms with E-state index >= 15 is 0 Å². The first-order valence-corrected chi connectivity index (χ1v) is 18.4. The summed E-state index contributed by atoms with van der Waals surface area (Å²) >= 11 is 3.37. The van der Waals surface area contributed by atoms with Crippen molar-refractivity contribution in [1.29, 1.82) is 0 Å². The fourth-order valence-corrected chi connectivity index (χ4v) is 7.48. The first-order valence-electron chi connectivity index (χ1n) is 16.4. The Labute approximate surface area is 282 Å². The average Bonchev–Trinajstić information content (AvgIpc) is 3.05. The number of hydrogen-bond acceptors (Lipinski definition) is 10. The number of hydrogen-bond donors (Lipinski definition) is 4. The highest BCUT2D eigenvalue weighted by atomic mass is 32.2. The number of nitrogens with one attached hydrogen (secondary N) is 2. The van der Waals surface area contributed by atoms with Crippen LogP contribution in [0.1, 0.15) is 73.9 Å². The third-order valence-electron chi connectivity index (χ3n) is 8.12. The summed E-state index contributed by atoms with van der Waals surface area (Å²) in [7, 11) is 0. The number of rotatable bonds is 16. The summed E-state index contributed by atoms with van der Waals surface area (Å²) < 4.78 is 0. The summed E-state index contributed by atoms with van der Waals surface area (Å²) in [6.45, 7) is 11.6. The van der Waals surface area contributed by atoms with Crippen molar-refractivity contribution >= 4 is 35.4 Å². The zero-order valence-corrected chi connectivity index (χ0v) is 29.0. The van der Waals surface area contributed by atoms with Gasteiger partial charge < -0.3 is 22.1 Å². The number of nitrogens with zero attached hydrogens (tertiary/aromatic N) is 4. The topological polar surface area (TPSA) is 128 Å². The summed E-state index contributed by atoms with van der Waals surface area (Å²) in [6, 6.07) is 26.1. The van der Waals surface area contributed by atoms with E-state index in [0.29, 0.717) is 36.8 Å². The molecule has 6 N–H and O–H groups in total. The van der Waals surface area contributed by atoms with Crippen molar-refractivity contribution in [2.75, 3.05) is 48.3 Å². The number of anilines is 2. The number of benzene rings is 2. The second kappa shape index (κ2) is 16.6. The highest BCUT2D eigenvalue weighted by Gasteiger charge is 2.54. The Morgan fingerprint density at radius 1 is 0.587 bits per heavy atom. The Kier molecular flexibility index (Phi) is 12.3. The number of aromatic nitrogens is 4. The van der Waals surface area contributed by atoms with Crippen LogP contribution in [-0.2, 0) is 0 Å². The van der Waals surface area contributed by atoms with E-state index < -0.39 is 0 Å². The second-order valence-electron chi connectivity index (χ2n) is 12.7. The van der Waals surface area contributed by atoms with E-state index in [1.165, 1.54) is 11.1 Å². The lowest BCUT2D eigenvalue weighted by molar-refractivity contribution is 0.219. The van der Waals surface area contributed by atoms with Gasteiger partial charge in [-0.3, -0.25) is 0 Å². The van der Waals surface area contributed by atoms with E-state index in [1.807, 2.05) is 0 Å². The van der Waals surface area contributed by atoms with Gasteiger partial charge in [-0.05, 0) is 35.1 Å². The van der Waals surface area contributed by atoms with Crippen LogP contribution in [-0.4, -0.2) is 57.6 Å². The SMILES string of the molecule is CC(C)CNc1nc(SCCN)cc([C@H]2[C@H](c3ccccc3)[C@H](c3cc(SCCN)nc(NCC(C)C)n3)[C@H]2c2ccccc2)n1. The van der Waals surface area contributed by atoms with Crippen LogP contribution in [0.25, 0.3) is 0 Å². The molecule has 2 aromatic carbocycles. The Balaban J connectivity index is 1.66. The molecule has 4 aromatic rings. The molecule has 1 saturated carbocycles. The van der Waals surface area contributed by atoms with E-state index in [4.69, 9.17) is 31.4 Å². The molecule has 0 aliphatic heterocycles. The van der Waals surface area contributed by atoms with Crippen LogP contribution in [0.2, 0.25) is 0 Å². The fraction of sp³-hybridized carbons (Fsp3) is 0.444. The van der Waals surface area contributed by atoms with Crippen LogP contribution in [0, 0.1) is 11.8 Å². The van der Waals surface area contributed by atoms with Crippen LogP contribution < -0.4 is 22.1 Å². The van der Waals surface area contributed by atoms with Crippen molar-refractivity contribution in [2.45, 2.75) is 61.4 Å². The van der Waals surface area contributed by atoms with Crippen molar-refractivity contribution in [2.24, 2.45) is 23.3 Å². The summed E-state index contributed by atoms with van der Waals surface area (Å²) in [5.41, 5.74) is 16.5. The van der Waals surface area contributed by atoms with Gasteiger partial charge in [0.1, 0.15) is 10.1 Å². The molecule has 8 nitrogen and oxygen atoms in total. The lowest BCUT2D eigenvalue weighted by Gasteiger charge is -2.52. The standard InChI is InChI=1S/C36H48N8S2/c1-23(2)21-39-35-41-27(19-29(43-35)45-17-15-37)33-31(25-11-7-5-8-12-25)34(32(33)26-13-9-6-10-14-26)28-20-30(46-18-16-38)44-36(42-28)40-22-24(3)4/h5-14,19-20,23-24,31-34H,15-18,21-22,37-38H2,1-4H3,(H,39,41,43)(H,40,42,44)/t31-,32-,33-,34-. The smallest absolute Gasteiger partial charge is 0.223 e. The normalized spacial score (nSPS) is 19.3. The molecule has 2 heterocycles. The van der Waals surface area contributed by atoms with E-state index in [2.05, 4.69) is 111 Å². The van der Waals surface area contributed by atoms with Crippen LogP contribution in [0.4, 0.5) is 11.9 Å². The van der Waals surface area contributed by atoms with Gasteiger partial charge in [0.2, 0.25) is 11.9 Å². The number of thioether (sulfide) groups is 2. The molecule has 0 amide bonds. The summed E-state index contributed by atoms with van der Waals surface area (Å²) in [6.07, 6.45) is 0. The third-order valence-corrected chi connectivity index (χ3v) is 10.0. The summed E-state index contributed by atoms with van der Waals surface area (Å²) in [5, 5.41) is 8.91. The molecule has 0 saturated heterocycles. The van der Waals surface area contributed by atoms with Crippen LogP contribution in [0.5, 0.6) is 0 Å². The largest absolute Gasteiger partial charge is 0.354 e. The molecular formula is C36H48N8S2. The van der Waals surface area contributed by atoms with Gasteiger partial charge in [0, 0.05) is 61.4 Å². The van der Waals surface area contributed by atoms with Gasteiger partial charge in [-0.25, -0.2) is 19.9 Å². The molecule has 0 radical (unpaired) electrons. The van der Waals surface area contributed by atoms with Gasteiger partial charge in [0.15, 0.2) is 0 Å². The zero-order chi connectivity index (χ0) is 32.5. The Bertz CT molecular complexity index is 1400. The van der Waals surface area contributed by atoms with E-state index in [9.17, 15) is 0 Å². The van der Waals surface area contributed by atoms with Crippen LogP contribution >= 0.6 is 23.5 Å². The highest BCUT2D eigenvalue weighted by Crippen LogP contribution is 2.66. The van der Waals surface area contributed by atoms with Crippen molar-refractivity contribution in [3.8, 4) is 0 Å². The Morgan fingerprint density at radius 2 is 0.978 bits per heavy atom. The molecular weight excluding hydrogens is 609 g/mol. The number of nitrogens with two attached hydrogens (primary N) is 2. The van der Waals surface area contributed by atoms with Crippen molar-refractivity contribution < 1.29 is 0 Å². The maximum absolute atomic E-state index is 5.91. The van der Waals surface area contributed by atoms with Gasteiger partial charge in [0.25, 0.3) is 0 Å². The molecule has 2 aromatic heterocycles. The van der Waals surface area contributed by atoms with Gasteiger partial charge in [-0.15, -0.1) is 23.5 Å². The van der Waals surface area contributed by atoms with Crippen LogP contribution in [0.15, 0.2) is 82.8 Å². The molecule has 0 bridgehead atoms. The Morgan fingerprint density at radius 3 is 1.33 bits per heavy atom.